The zero-order valence-corrected chi connectivity index (χ0v) is 29.4. The molecule has 7 aromatic carbocycles. The molecule has 0 fully saturated rings. The molecule has 8 rings (SSSR count). The monoisotopic (exact) mass is 636 g/mol. The minimum absolute atomic E-state index is 0.920. The van der Waals surface area contributed by atoms with Gasteiger partial charge in [0, 0.05) is 10.8 Å². The van der Waals surface area contributed by atoms with Crippen molar-refractivity contribution in [1.29, 1.82) is 0 Å². The van der Waals surface area contributed by atoms with Gasteiger partial charge in [-0.3, -0.25) is 0 Å². The lowest BCUT2D eigenvalue weighted by Crippen LogP contribution is -2.34. The van der Waals surface area contributed by atoms with Crippen molar-refractivity contribution in [1.82, 2.24) is 0 Å². The Morgan fingerprint density at radius 2 is 1.20 bits per heavy atom. The Kier molecular flexibility index (Phi) is 8.00. The van der Waals surface area contributed by atoms with Gasteiger partial charge in [-0.15, -0.1) is 0 Å². The minimum Gasteiger partial charge on any atom is -0.457 e. The van der Waals surface area contributed by atoms with Crippen LogP contribution in [-0.2, 0) is 0 Å². The van der Waals surface area contributed by atoms with E-state index in [9.17, 15) is 0 Å². The van der Waals surface area contributed by atoms with Crippen LogP contribution in [0.1, 0.15) is 12.5 Å². The summed E-state index contributed by atoms with van der Waals surface area (Å²) in [5, 5.41) is 7.52. The molecule has 0 atom stereocenters. The van der Waals surface area contributed by atoms with Gasteiger partial charge in [0.2, 0.25) is 0 Å². The van der Waals surface area contributed by atoms with Gasteiger partial charge in [0.05, 0.1) is 0 Å². The van der Waals surface area contributed by atoms with E-state index < -0.39 is 0 Å². The molecule has 0 saturated carbocycles. The van der Waals surface area contributed by atoms with Gasteiger partial charge >= 0.3 is 0 Å². The number of fused-ring (bicyclic) bond motifs is 5. The molecule has 1 heterocycles. The summed E-state index contributed by atoms with van der Waals surface area (Å²) in [6.45, 7) is 5.90. The third-order valence-electron chi connectivity index (χ3n) is 10.5. The van der Waals surface area contributed by atoms with E-state index >= 15 is 0 Å². The van der Waals surface area contributed by atoms with Gasteiger partial charge in [-0.2, -0.15) is 0 Å². The van der Waals surface area contributed by atoms with E-state index in [0.717, 1.165) is 22.1 Å². The van der Waals surface area contributed by atoms with Crippen LogP contribution in [0, 0.1) is 0 Å². The molecule has 0 N–H and O–H groups in total. The van der Waals surface area contributed by atoms with E-state index in [-0.39, 0.29) is 0 Å². The first-order valence-electron chi connectivity index (χ1n) is 17.4. The summed E-state index contributed by atoms with van der Waals surface area (Å²) < 4.78 is 6.68. The van der Waals surface area contributed by atoms with Crippen molar-refractivity contribution in [2.45, 2.75) is 6.92 Å². The predicted molar refractivity (Wildman–Crippen MR) is 231 cm³/mol. The van der Waals surface area contributed by atoms with Gasteiger partial charge in [-0.05, 0) is 90.6 Å². The number of allylic oxidation sites excluding steroid dienone is 5. The predicted octanol–water partition coefficient (Wildman–Crippen LogP) is 6.07. The third kappa shape index (κ3) is 5.08. The summed E-state index contributed by atoms with van der Waals surface area (Å²) >= 11 is 0. The number of benzene rings is 7. The molecular weight excluding hydrogens is 600 g/mol. The summed E-state index contributed by atoms with van der Waals surface area (Å²) in [4.78, 5) is 0. The van der Waals surface area contributed by atoms with Crippen molar-refractivity contribution in [3.63, 3.8) is 0 Å². The van der Waals surface area contributed by atoms with Gasteiger partial charge in [-0.25, -0.2) is 0 Å². The zero-order valence-electron chi connectivity index (χ0n) is 29.4. The van der Waals surface area contributed by atoms with Gasteiger partial charge in [0.15, 0.2) is 0 Å². The Bertz CT molecular complexity index is 2700. The standard InChI is InChI=1S/C45H36B4O/c1-3-4-6-12-26(2)30-23-24-33-36(25-30)50-45-41(33)43(48)42(47)39(44(45)49)29-21-19-28(20-22-29)37-31-15-9-10-16-32(31)38(27-13-7-5-8-14-27)40-34(37)17-11-18-35(40)46/h3-25H,1,46-49H2,2H3/b6-4-,26-12+. The van der Waals surface area contributed by atoms with Crippen molar-refractivity contribution >= 4 is 102 Å². The third-order valence-corrected chi connectivity index (χ3v) is 10.5. The lowest BCUT2D eigenvalue weighted by atomic mass is 9.69. The second-order valence-corrected chi connectivity index (χ2v) is 13.5. The maximum atomic E-state index is 6.68. The Labute approximate surface area is 297 Å². The summed E-state index contributed by atoms with van der Waals surface area (Å²) in [5.41, 5.74) is 16.7. The van der Waals surface area contributed by atoms with E-state index in [0.29, 0.717) is 0 Å². The van der Waals surface area contributed by atoms with Crippen molar-refractivity contribution < 1.29 is 4.42 Å². The van der Waals surface area contributed by atoms with E-state index in [1.807, 2.05) is 12.2 Å². The second kappa shape index (κ2) is 12.7. The maximum absolute atomic E-state index is 6.68. The van der Waals surface area contributed by atoms with E-state index in [2.05, 4.69) is 166 Å². The molecule has 0 amide bonds. The quantitative estimate of drug-likeness (QED) is 0.123. The Morgan fingerprint density at radius 1 is 0.560 bits per heavy atom. The highest BCUT2D eigenvalue weighted by Gasteiger charge is 2.21. The van der Waals surface area contributed by atoms with Crippen LogP contribution >= 0.6 is 0 Å². The average molecular weight is 636 g/mol. The van der Waals surface area contributed by atoms with Crippen LogP contribution in [0.4, 0.5) is 0 Å². The van der Waals surface area contributed by atoms with Crippen LogP contribution in [0.25, 0.3) is 82.4 Å². The first-order chi connectivity index (χ1) is 24.4. The lowest BCUT2D eigenvalue weighted by Gasteiger charge is -2.20. The summed E-state index contributed by atoms with van der Waals surface area (Å²) in [6.07, 6.45) is 7.86. The molecular formula is C45H36B4O. The van der Waals surface area contributed by atoms with Gasteiger partial charge in [-0.1, -0.05) is 150 Å². The molecule has 0 aliphatic heterocycles. The fourth-order valence-corrected chi connectivity index (χ4v) is 7.98. The molecule has 8 aromatic rings. The first-order valence-corrected chi connectivity index (χ1v) is 17.4. The molecule has 0 radical (unpaired) electrons. The molecule has 0 unspecified atom stereocenters. The van der Waals surface area contributed by atoms with Crippen LogP contribution in [-0.4, -0.2) is 31.4 Å². The Balaban J connectivity index is 1.28. The molecule has 50 heavy (non-hydrogen) atoms. The van der Waals surface area contributed by atoms with Crippen molar-refractivity contribution in [3.8, 4) is 33.4 Å². The van der Waals surface area contributed by atoms with Crippen LogP contribution in [0.3, 0.4) is 0 Å². The summed E-state index contributed by atoms with van der Waals surface area (Å²) in [5.74, 6) is 0. The van der Waals surface area contributed by atoms with Gasteiger partial charge in [0.1, 0.15) is 42.6 Å². The van der Waals surface area contributed by atoms with Crippen LogP contribution in [0.5, 0.6) is 0 Å². The molecule has 1 nitrogen and oxygen atoms in total. The molecule has 234 valence electrons. The van der Waals surface area contributed by atoms with E-state index in [1.165, 1.54) is 87.7 Å². The topological polar surface area (TPSA) is 13.1 Å². The highest BCUT2D eigenvalue weighted by Crippen LogP contribution is 2.43. The molecule has 0 bridgehead atoms. The zero-order chi connectivity index (χ0) is 34.5. The van der Waals surface area contributed by atoms with Crippen LogP contribution in [0.2, 0.25) is 0 Å². The normalized spacial score (nSPS) is 12.1. The molecule has 0 spiro atoms. The number of furan rings is 1. The highest BCUT2D eigenvalue weighted by atomic mass is 16.3. The minimum atomic E-state index is 0.920. The van der Waals surface area contributed by atoms with Crippen molar-refractivity contribution in [2.24, 2.45) is 0 Å². The van der Waals surface area contributed by atoms with Gasteiger partial charge in [0.25, 0.3) is 0 Å². The SMILES string of the molecule is Bc1c(-c2ccc(-c3c4ccccc4c(-c4ccccc4)c4c(B)cccc34)cc2)c(B)c2oc3cc(/C(C)=C/C=C\C=C)ccc3c2c1B. The molecule has 5 heteroatoms. The van der Waals surface area contributed by atoms with E-state index in [1.54, 1.807) is 6.08 Å². The molecule has 1 aromatic heterocycles. The second-order valence-electron chi connectivity index (χ2n) is 13.5. The Morgan fingerprint density at radius 3 is 1.92 bits per heavy atom. The number of rotatable bonds is 6. The van der Waals surface area contributed by atoms with E-state index in [4.69, 9.17) is 4.42 Å². The summed E-state index contributed by atoms with van der Waals surface area (Å²) in [6, 6.07) is 42.2. The fourth-order valence-electron chi connectivity index (χ4n) is 7.98. The van der Waals surface area contributed by atoms with Crippen LogP contribution < -0.4 is 21.9 Å². The van der Waals surface area contributed by atoms with Crippen LogP contribution in [0.15, 0.2) is 151 Å². The van der Waals surface area contributed by atoms with Crippen molar-refractivity contribution in [2.75, 3.05) is 0 Å². The average Bonchev–Trinajstić information content (AvgIpc) is 3.53. The van der Waals surface area contributed by atoms with Crippen molar-refractivity contribution in [3.05, 3.63) is 152 Å². The smallest absolute Gasteiger partial charge is 0.145 e. The fraction of sp³-hybridized carbons (Fsp3) is 0.0222. The Hall–Kier alpha value is -5.66. The van der Waals surface area contributed by atoms with Gasteiger partial charge < -0.3 is 4.42 Å². The number of hydrogen-bond donors (Lipinski definition) is 0. The molecule has 0 aliphatic rings. The number of hydrogen-bond acceptors (Lipinski definition) is 1. The highest BCUT2D eigenvalue weighted by molar-refractivity contribution is 6.60. The largest absolute Gasteiger partial charge is 0.457 e. The first kappa shape index (κ1) is 31.6. The summed E-state index contributed by atoms with van der Waals surface area (Å²) in [7, 11) is 8.93. The molecule has 0 aliphatic carbocycles. The molecule has 0 saturated heterocycles. The lowest BCUT2D eigenvalue weighted by molar-refractivity contribution is 0.671. The maximum Gasteiger partial charge on any atom is 0.145 e.